The molecular formula is C12H17N3O2. The quantitative estimate of drug-likeness (QED) is 0.786. The minimum atomic E-state index is -0.247. The lowest BCUT2D eigenvalue weighted by Gasteiger charge is -2.21. The Labute approximate surface area is 99.8 Å². The van der Waals surface area contributed by atoms with Crippen LogP contribution in [0.5, 0.6) is 0 Å². The lowest BCUT2D eigenvalue weighted by molar-refractivity contribution is 0.0778. The highest BCUT2D eigenvalue weighted by Crippen LogP contribution is 2.07. The Morgan fingerprint density at radius 2 is 2.35 bits per heavy atom. The van der Waals surface area contributed by atoms with Crippen molar-refractivity contribution >= 4 is 5.91 Å². The Balaban J connectivity index is 2.01. The molecule has 1 fully saturated rings. The summed E-state index contributed by atoms with van der Waals surface area (Å²) in [4.78, 5) is 27.3. The van der Waals surface area contributed by atoms with Crippen LogP contribution in [0.3, 0.4) is 0 Å². The molecule has 0 aromatic carbocycles. The molecule has 2 N–H and O–H groups in total. The van der Waals surface area contributed by atoms with Crippen LogP contribution in [-0.2, 0) is 0 Å². The van der Waals surface area contributed by atoms with E-state index in [9.17, 15) is 9.59 Å². The third kappa shape index (κ3) is 2.94. The van der Waals surface area contributed by atoms with Gasteiger partial charge in [0.25, 0.3) is 5.91 Å². The Kier molecular flexibility index (Phi) is 3.58. The summed E-state index contributed by atoms with van der Waals surface area (Å²) < 4.78 is 0. The molecule has 1 saturated heterocycles. The van der Waals surface area contributed by atoms with Gasteiger partial charge in [-0.15, -0.1) is 0 Å². The predicted molar refractivity (Wildman–Crippen MR) is 65.0 cm³/mol. The summed E-state index contributed by atoms with van der Waals surface area (Å²) in [5.74, 6) is -0.142. The number of likely N-dealkylation sites (N-methyl/N-ethyl adjacent to an activating group) is 1. The van der Waals surface area contributed by atoms with Gasteiger partial charge in [-0.25, -0.2) is 0 Å². The first-order valence-corrected chi connectivity index (χ1v) is 5.85. The number of pyridine rings is 1. The van der Waals surface area contributed by atoms with Gasteiger partial charge in [-0.3, -0.25) is 9.59 Å². The van der Waals surface area contributed by atoms with Gasteiger partial charge in [-0.1, -0.05) is 6.07 Å². The summed E-state index contributed by atoms with van der Waals surface area (Å²) in [5, 5.41) is 3.34. The van der Waals surface area contributed by atoms with Crippen LogP contribution in [0, 0.1) is 0 Å². The highest BCUT2D eigenvalue weighted by atomic mass is 16.2. The first kappa shape index (κ1) is 11.9. The highest BCUT2D eigenvalue weighted by molar-refractivity contribution is 5.92. The van der Waals surface area contributed by atoms with Crippen LogP contribution >= 0.6 is 0 Å². The number of aromatic nitrogens is 1. The van der Waals surface area contributed by atoms with Crippen molar-refractivity contribution < 1.29 is 4.79 Å². The van der Waals surface area contributed by atoms with Gasteiger partial charge < -0.3 is 15.2 Å². The molecule has 1 amide bonds. The third-order valence-electron chi connectivity index (χ3n) is 3.00. The molecule has 2 rings (SSSR count). The van der Waals surface area contributed by atoms with Crippen LogP contribution < -0.4 is 10.9 Å². The van der Waals surface area contributed by atoms with Gasteiger partial charge in [-0.2, -0.15) is 0 Å². The number of carbonyl (C=O) groups is 1. The molecule has 5 heteroatoms. The maximum Gasteiger partial charge on any atom is 0.270 e. The van der Waals surface area contributed by atoms with E-state index in [-0.39, 0.29) is 11.5 Å². The molecule has 0 aliphatic carbocycles. The maximum absolute atomic E-state index is 12.0. The van der Waals surface area contributed by atoms with Crippen molar-refractivity contribution in [3.8, 4) is 0 Å². The van der Waals surface area contributed by atoms with Crippen LogP contribution in [0.25, 0.3) is 0 Å². The topological polar surface area (TPSA) is 65.2 Å². The summed E-state index contributed by atoms with van der Waals surface area (Å²) in [6.45, 7) is 1.70. The van der Waals surface area contributed by atoms with E-state index in [2.05, 4.69) is 10.3 Å². The lowest BCUT2D eigenvalue weighted by atomic mass is 10.2. The molecule has 0 spiro atoms. The van der Waals surface area contributed by atoms with E-state index in [0.717, 1.165) is 19.4 Å². The molecular weight excluding hydrogens is 218 g/mol. The number of nitrogens with one attached hydrogen (secondary N) is 2. The summed E-state index contributed by atoms with van der Waals surface area (Å²) >= 11 is 0. The molecule has 1 aliphatic heterocycles. The van der Waals surface area contributed by atoms with E-state index in [1.165, 1.54) is 6.07 Å². The molecule has 17 heavy (non-hydrogen) atoms. The van der Waals surface area contributed by atoms with E-state index < -0.39 is 0 Å². The largest absolute Gasteiger partial charge is 0.339 e. The van der Waals surface area contributed by atoms with E-state index in [1.807, 2.05) is 0 Å². The van der Waals surface area contributed by atoms with Crippen molar-refractivity contribution in [1.29, 1.82) is 0 Å². The van der Waals surface area contributed by atoms with E-state index in [1.54, 1.807) is 24.1 Å². The lowest BCUT2D eigenvalue weighted by Crippen LogP contribution is -2.39. The Morgan fingerprint density at radius 3 is 3.00 bits per heavy atom. The Morgan fingerprint density at radius 1 is 1.53 bits per heavy atom. The van der Waals surface area contributed by atoms with E-state index in [4.69, 9.17) is 0 Å². The summed E-state index contributed by atoms with van der Waals surface area (Å²) in [6, 6.07) is 4.99. The average Bonchev–Trinajstić information content (AvgIpc) is 2.80. The minimum absolute atomic E-state index is 0.142. The third-order valence-corrected chi connectivity index (χ3v) is 3.00. The second kappa shape index (κ2) is 5.14. The zero-order valence-electron chi connectivity index (χ0n) is 9.90. The molecule has 1 aromatic rings. The smallest absolute Gasteiger partial charge is 0.270 e. The van der Waals surface area contributed by atoms with Gasteiger partial charge in [0.2, 0.25) is 5.56 Å². The Bertz CT molecular complexity index is 449. The molecule has 92 valence electrons. The zero-order chi connectivity index (χ0) is 12.3. The predicted octanol–water partition coefficient (Wildman–Crippen LogP) is 0.199. The van der Waals surface area contributed by atoms with E-state index >= 15 is 0 Å². The van der Waals surface area contributed by atoms with Gasteiger partial charge in [-0.05, 0) is 25.5 Å². The fraction of sp³-hybridized carbons (Fsp3) is 0.500. The van der Waals surface area contributed by atoms with Crippen molar-refractivity contribution in [2.45, 2.75) is 18.9 Å². The number of H-pyrrole nitrogens is 1. The second-order valence-electron chi connectivity index (χ2n) is 4.41. The molecule has 1 aromatic heterocycles. The zero-order valence-corrected chi connectivity index (χ0v) is 9.90. The summed E-state index contributed by atoms with van der Waals surface area (Å²) in [5.41, 5.74) is 0.0984. The van der Waals surface area contributed by atoms with Gasteiger partial charge in [0, 0.05) is 25.7 Å². The summed E-state index contributed by atoms with van der Waals surface area (Å²) in [6.07, 6.45) is 2.26. The molecule has 5 nitrogen and oxygen atoms in total. The van der Waals surface area contributed by atoms with Gasteiger partial charge in [0.1, 0.15) is 5.69 Å². The maximum atomic E-state index is 12.0. The van der Waals surface area contributed by atoms with Gasteiger partial charge >= 0.3 is 0 Å². The van der Waals surface area contributed by atoms with Crippen LogP contribution in [0.2, 0.25) is 0 Å². The monoisotopic (exact) mass is 235 g/mol. The van der Waals surface area contributed by atoms with Crippen molar-refractivity contribution in [2.24, 2.45) is 0 Å². The molecule has 1 aliphatic rings. The highest BCUT2D eigenvalue weighted by Gasteiger charge is 2.19. The van der Waals surface area contributed by atoms with Crippen LogP contribution in [-0.4, -0.2) is 42.0 Å². The Hall–Kier alpha value is -1.62. The average molecular weight is 235 g/mol. The first-order chi connectivity index (χ1) is 8.16. The SMILES string of the molecule is CN(CC1CCCN1)C(=O)c1cccc(=O)[nH]1. The number of nitrogens with zero attached hydrogens (tertiary/aromatic N) is 1. The number of carbonyl (C=O) groups excluding carboxylic acids is 1. The van der Waals surface area contributed by atoms with Gasteiger partial charge in [0.05, 0.1) is 0 Å². The van der Waals surface area contributed by atoms with Crippen molar-refractivity contribution in [2.75, 3.05) is 20.1 Å². The number of rotatable bonds is 3. The fourth-order valence-electron chi connectivity index (χ4n) is 2.10. The van der Waals surface area contributed by atoms with Gasteiger partial charge in [0.15, 0.2) is 0 Å². The molecule has 1 unspecified atom stereocenters. The standard InChI is InChI=1S/C12H17N3O2/c1-15(8-9-4-3-7-13-9)12(17)10-5-2-6-11(16)14-10/h2,5-6,9,13H,3-4,7-8H2,1H3,(H,14,16). The van der Waals surface area contributed by atoms with Crippen molar-refractivity contribution in [3.05, 3.63) is 34.2 Å². The van der Waals surface area contributed by atoms with Crippen molar-refractivity contribution in [1.82, 2.24) is 15.2 Å². The minimum Gasteiger partial charge on any atom is -0.339 e. The van der Waals surface area contributed by atoms with Crippen molar-refractivity contribution in [3.63, 3.8) is 0 Å². The fourth-order valence-corrected chi connectivity index (χ4v) is 2.10. The van der Waals surface area contributed by atoms with Crippen LogP contribution in [0.15, 0.2) is 23.0 Å². The molecule has 0 saturated carbocycles. The van der Waals surface area contributed by atoms with E-state index in [0.29, 0.717) is 18.3 Å². The molecule has 0 bridgehead atoms. The molecule has 2 heterocycles. The number of hydrogen-bond donors (Lipinski definition) is 2. The van der Waals surface area contributed by atoms with Crippen LogP contribution in [0.1, 0.15) is 23.3 Å². The number of hydrogen-bond acceptors (Lipinski definition) is 3. The van der Waals surface area contributed by atoms with Crippen LogP contribution in [0.4, 0.5) is 0 Å². The summed E-state index contributed by atoms with van der Waals surface area (Å²) in [7, 11) is 1.76. The second-order valence-corrected chi connectivity index (χ2v) is 4.41. The molecule has 1 atom stereocenters. The number of aromatic amines is 1. The molecule has 0 radical (unpaired) electrons. The normalized spacial score (nSPS) is 19.2. The number of amides is 1. The first-order valence-electron chi connectivity index (χ1n) is 5.85.